The van der Waals surface area contributed by atoms with Crippen LogP contribution in [0.4, 0.5) is 0 Å². The predicted octanol–water partition coefficient (Wildman–Crippen LogP) is 5.13. The lowest BCUT2D eigenvalue weighted by molar-refractivity contribution is 0.318. The van der Waals surface area contributed by atoms with Crippen LogP contribution in [-0.2, 0) is 5.75 Å². The van der Waals surface area contributed by atoms with Gasteiger partial charge in [-0.2, -0.15) is 0 Å². The van der Waals surface area contributed by atoms with E-state index >= 15 is 0 Å². The minimum atomic E-state index is -0.0411. The second kappa shape index (κ2) is 7.52. The van der Waals surface area contributed by atoms with Crippen LogP contribution in [0, 0.1) is 4.84 Å². The number of ether oxygens (including phenoxy) is 1. The van der Waals surface area contributed by atoms with Crippen molar-refractivity contribution in [2.45, 2.75) is 10.8 Å². The summed E-state index contributed by atoms with van der Waals surface area (Å²) in [7, 11) is 0. The van der Waals surface area contributed by atoms with Crippen LogP contribution in [0.25, 0.3) is 0 Å². The smallest absolute Gasteiger partial charge is 0.266 e. The van der Waals surface area contributed by atoms with Gasteiger partial charge in [0.15, 0.2) is 5.01 Å². The molecule has 0 spiro atoms. The molecule has 1 heterocycles. The maximum atomic E-state index is 5.73. The molecular weight excluding hydrogens is 414 g/mol. The highest BCUT2D eigenvalue weighted by Crippen LogP contribution is 2.22. The fourth-order valence-corrected chi connectivity index (χ4v) is 3.26. The fourth-order valence-electron chi connectivity index (χ4n) is 1.34. The number of H-pyrrole nitrogens is 1. The molecule has 3 nitrogen and oxygen atoms in total. The summed E-state index contributed by atoms with van der Waals surface area (Å²) in [5.74, 6) is 3.26. The SMILES string of the molecule is S=c1[nH]cc(CSCC(Br)Oc2ccc(Br)cc2)o1. The van der Waals surface area contributed by atoms with Gasteiger partial charge in [0.05, 0.1) is 5.75 Å². The quantitative estimate of drug-likeness (QED) is 0.515. The number of nitrogens with one attached hydrogen (secondary N) is 1. The molecule has 0 aliphatic heterocycles. The Labute approximate surface area is 137 Å². The molecule has 1 N–H and O–H groups in total. The molecule has 2 rings (SSSR count). The van der Waals surface area contributed by atoms with Crippen LogP contribution in [0.2, 0.25) is 0 Å². The van der Waals surface area contributed by atoms with Gasteiger partial charge in [0.25, 0.3) is 4.84 Å². The van der Waals surface area contributed by atoms with E-state index in [1.165, 1.54) is 0 Å². The third-order valence-corrected chi connectivity index (χ3v) is 4.84. The van der Waals surface area contributed by atoms with Crippen molar-refractivity contribution in [3.8, 4) is 5.75 Å². The lowest BCUT2D eigenvalue weighted by Gasteiger charge is -2.12. The molecule has 1 unspecified atom stereocenters. The summed E-state index contributed by atoms with van der Waals surface area (Å²) < 4.78 is 12.0. The van der Waals surface area contributed by atoms with Crippen molar-refractivity contribution in [3.63, 3.8) is 0 Å². The van der Waals surface area contributed by atoms with E-state index < -0.39 is 0 Å². The molecule has 0 bridgehead atoms. The standard InChI is InChI=1S/C12H11Br2NO2S2/c13-8-1-3-9(4-2-8)16-11(14)7-19-6-10-5-15-12(18)17-10/h1-5,11H,6-7H2,(H,15,18). The zero-order valence-electron chi connectivity index (χ0n) is 9.77. The molecule has 0 saturated carbocycles. The number of alkyl halides is 1. The Morgan fingerprint density at radius 1 is 1.37 bits per heavy atom. The van der Waals surface area contributed by atoms with Crippen molar-refractivity contribution in [1.29, 1.82) is 0 Å². The van der Waals surface area contributed by atoms with Gasteiger partial charge >= 0.3 is 0 Å². The first-order valence-corrected chi connectivity index (χ1v) is 8.72. The van der Waals surface area contributed by atoms with E-state index in [2.05, 4.69) is 36.8 Å². The number of benzene rings is 1. The van der Waals surface area contributed by atoms with Gasteiger partial charge in [-0.25, -0.2) is 0 Å². The first-order valence-electron chi connectivity index (χ1n) is 5.45. The van der Waals surface area contributed by atoms with Crippen LogP contribution in [0.5, 0.6) is 5.75 Å². The van der Waals surface area contributed by atoms with Gasteiger partial charge in [-0.3, -0.25) is 0 Å². The maximum Gasteiger partial charge on any atom is 0.266 e. The van der Waals surface area contributed by atoms with Crippen LogP contribution < -0.4 is 4.74 Å². The molecule has 1 aromatic heterocycles. The van der Waals surface area contributed by atoms with Crippen LogP contribution in [-0.4, -0.2) is 15.8 Å². The average Bonchev–Trinajstić information content (AvgIpc) is 2.78. The number of rotatable bonds is 6. The summed E-state index contributed by atoms with van der Waals surface area (Å²) in [5.41, 5.74) is 0. The molecule has 1 atom stereocenters. The van der Waals surface area contributed by atoms with Crippen molar-refractivity contribution in [2.75, 3.05) is 5.75 Å². The third kappa shape index (κ3) is 5.33. The zero-order valence-corrected chi connectivity index (χ0v) is 14.6. The second-order valence-corrected chi connectivity index (χ2v) is 6.98. The Hall–Kier alpha value is -0.240. The molecule has 1 aromatic carbocycles. The predicted molar refractivity (Wildman–Crippen MR) is 87.5 cm³/mol. The average molecular weight is 425 g/mol. The summed E-state index contributed by atoms with van der Waals surface area (Å²) >= 11 is 13.5. The summed E-state index contributed by atoms with van der Waals surface area (Å²) in [5, 5.41) is -0.0411. The maximum absolute atomic E-state index is 5.73. The lowest BCUT2D eigenvalue weighted by atomic mass is 10.3. The minimum Gasteiger partial charge on any atom is -0.478 e. The van der Waals surface area contributed by atoms with Crippen molar-refractivity contribution in [1.82, 2.24) is 4.98 Å². The first-order chi connectivity index (χ1) is 9.13. The monoisotopic (exact) mass is 423 g/mol. The van der Waals surface area contributed by atoms with E-state index in [-0.39, 0.29) is 5.01 Å². The number of oxazole rings is 1. The number of halogens is 2. The molecule has 0 fully saturated rings. The van der Waals surface area contributed by atoms with Crippen molar-refractivity contribution < 1.29 is 9.15 Å². The summed E-state index contributed by atoms with van der Waals surface area (Å²) in [6, 6.07) is 7.75. The highest BCUT2D eigenvalue weighted by atomic mass is 79.9. The minimum absolute atomic E-state index is 0.0411. The zero-order chi connectivity index (χ0) is 13.7. The molecule has 0 radical (unpaired) electrons. The van der Waals surface area contributed by atoms with Gasteiger partial charge in [0, 0.05) is 16.4 Å². The van der Waals surface area contributed by atoms with E-state index in [4.69, 9.17) is 21.4 Å². The van der Waals surface area contributed by atoms with E-state index in [0.29, 0.717) is 4.84 Å². The molecule has 0 aliphatic rings. The van der Waals surface area contributed by atoms with Gasteiger partial charge in [-0.05, 0) is 52.4 Å². The fraction of sp³-hybridized carbons (Fsp3) is 0.250. The van der Waals surface area contributed by atoms with Crippen LogP contribution in [0.1, 0.15) is 5.76 Å². The Balaban J connectivity index is 1.74. The largest absolute Gasteiger partial charge is 0.478 e. The highest BCUT2D eigenvalue weighted by Gasteiger charge is 2.07. The number of aromatic nitrogens is 1. The molecule has 0 amide bonds. The van der Waals surface area contributed by atoms with E-state index in [0.717, 1.165) is 27.5 Å². The Morgan fingerprint density at radius 3 is 2.74 bits per heavy atom. The van der Waals surface area contributed by atoms with Crippen molar-refractivity contribution in [3.05, 3.63) is 45.5 Å². The van der Waals surface area contributed by atoms with E-state index in [1.807, 2.05) is 24.3 Å². The van der Waals surface area contributed by atoms with Gasteiger partial charge in [0.1, 0.15) is 11.5 Å². The molecule has 102 valence electrons. The highest BCUT2D eigenvalue weighted by molar-refractivity contribution is 9.10. The van der Waals surface area contributed by atoms with E-state index in [9.17, 15) is 0 Å². The van der Waals surface area contributed by atoms with Crippen LogP contribution >= 0.6 is 55.8 Å². The molecule has 2 aromatic rings. The second-order valence-electron chi connectivity index (χ2n) is 3.64. The molecule has 0 aliphatic carbocycles. The first kappa shape index (κ1) is 15.2. The van der Waals surface area contributed by atoms with Gasteiger partial charge in [-0.1, -0.05) is 15.9 Å². The van der Waals surface area contributed by atoms with Gasteiger partial charge in [-0.15, -0.1) is 11.8 Å². The normalized spacial score (nSPS) is 12.3. The Kier molecular flexibility index (Phi) is 6.00. The van der Waals surface area contributed by atoms with Crippen LogP contribution in [0.15, 0.2) is 39.4 Å². The van der Waals surface area contributed by atoms with Crippen LogP contribution in [0.3, 0.4) is 0 Å². The Bertz CT molecular complexity index is 568. The van der Waals surface area contributed by atoms with Crippen molar-refractivity contribution in [2.24, 2.45) is 0 Å². The van der Waals surface area contributed by atoms with Gasteiger partial charge in [0.2, 0.25) is 0 Å². The van der Waals surface area contributed by atoms with E-state index in [1.54, 1.807) is 18.0 Å². The number of hydrogen-bond donors (Lipinski definition) is 1. The topological polar surface area (TPSA) is 38.2 Å². The summed E-state index contributed by atoms with van der Waals surface area (Å²) in [6.45, 7) is 0. The number of hydrogen-bond acceptors (Lipinski definition) is 4. The molecular formula is C12H11Br2NO2S2. The number of thioether (sulfide) groups is 1. The molecule has 7 heteroatoms. The van der Waals surface area contributed by atoms with Gasteiger partial charge < -0.3 is 14.1 Å². The number of aromatic amines is 1. The summed E-state index contributed by atoms with van der Waals surface area (Å²) in [4.78, 5) is 3.25. The summed E-state index contributed by atoms with van der Waals surface area (Å²) in [6.07, 6.45) is 1.79. The third-order valence-electron chi connectivity index (χ3n) is 2.15. The molecule has 0 saturated heterocycles. The Morgan fingerprint density at radius 2 is 2.11 bits per heavy atom. The molecule has 19 heavy (non-hydrogen) atoms. The lowest BCUT2D eigenvalue weighted by Crippen LogP contribution is -2.11. The van der Waals surface area contributed by atoms with Crippen molar-refractivity contribution >= 4 is 55.8 Å².